The normalized spacial score (nSPS) is 31.6. The third-order valence-electron chi connectivity index (χ3n) is 9.61. The summed E-state index contributed by atoms with van der Waals surface area (Å²) in [5.41, 5.74) is 1.69. The summed E-state index contributed by atoms with van der Waals surface area (Å²) in [6.07, 6.45) is 5.73. The number of esters is 1. The molecular formula is C36H41N3O8. The Morgan fingerprint density at radius 2 is 1.74 bits per heavy atom. The van der Waals surface area contributed by atoms with Gasteiger partial charge in [0.05, 0.1) is 31.3 Å². The van der Waals surface area contributed by atoms with Gasteiger partial charge in [0.2, 0.25) is 11.8 Å². The molecule has 0 aromatic heterocycles. The lowest BCUT2D eigenvalue weighted by atomic mass is 9.77. The summed E-state index contributed by atoms with van der Waals surface area (Å²) in [5.74, 6) is -3.96. The number of nitrogens with one attached hydrogen (secondary N) is 1. The number of nitrogens with zero attached hydrogens (tertiary/aromatic N) is 2. The fourth-order valence-corrected chi connectivity index (χ4v) is 7.67. The molecule has 0 radical (unpaired) electrons. The van der Waals surface area contributed by atoms with Crippen LogP contribution in [-0.2, 0) is 33.4 Å². The number of allylic oxidation sites excluding steroid dienone is 1. The van der Waals surface area contributed by atoms with E-state index in [2.05, 4.69) is 5.32 Å². The molecule has 2 N–H and O–H groups in total. The van der Waals surface area contributed by atoms with Gasteiger partial charge < -0.3 is 34.4 Å². The van der Waals surface area contributed by atoms with Crippen molar-refractivity contribution in [2.75, 3.05) is 38.3 Å². The van der Waals surface area contributed by atoms with Crippen LogP contribution in [-0.4, -0.2) is 90.9 Å². The number of hydrogen-bond donors (Lipinski definition) is 2. The minimum Gasteiger partial charge on any atom is -0.455 e. The molecule has 2 aromatic carbocycles. The quantitative estimate of drug-likeness (QED) is 0.363. The van der Waals surface area contributed by atoms with Crippen molar-refractivity contribution in [3.8, 4) is 0 Å². The second-order valence-corrected chi connectivity index (χ2v) is 12.6. The Bertz CT molecular complexity index is 1570. The highest BCUT2D eigenvalue weighted by Gasteiger charge is 2.72. The van der Waals surface area contributed by atoms with Gasteiger partial charge in [-0.15, -0.1) is 0 Å². The third kappa shape index (κ3) is 5.77. The van der Waals surface area contributed by atoms with Crippen LogP contribution >= 0.6 is 0 Å². The van der Waals surface area contributed by atoms with Crippen LogP contribution in [0.15, 0.2) is 72.8 Å². The SMILES string of the molecule is COC[C@@H]1NC(=O)CC/C=C\[C@@H]2O[C@@]34C=CCN(c5c(C)cccc5C)C(=O)[C@@H]3N(CCO)C(=O)[C@H]4[C@@H]2C(=O)O[C@H]1c1ccccc1. The van der Waals surface area contributed by atoms with E-state index >= 15 is 0 Å². The van der Waals surface area contributed by atoms with Crippen molar-refractivity contribution in [1.82, 2.24) is 10.2 Å². The van der Waals surface area contributed by atoms with Crippen LogP contribution in [0.5, 0.6) is 0 Å². The van der Waals surface area contributed by atoms with E-state index in [4.69, 9.17) is 14.2 Å². The molecule has 0 bridgehead atoms. The molecule has 0 unspecified atom stereocenters. The lowest BCUT2D eigenvalue weighted by Crippen LogP contribution is -2.56. The van der Waals surface area contributed by atoms with Crippen LogP contribution in [0, 0.1) is 25.7 Å². The number of cyclic esters (lactones) is 1. The molecule has 11 nitrogen and oxygen atoms in total. The number of amides is 3. The molecule has 6 rings (SSSR count). The van der Waals surface area contributed by atoms with Gasteiger partial charge >= 0.3 is 5.97 Å². The second-order valence-electron chi connectivity index (χ2n) is 12.6. The first-order valence-electron chi connectivity index (χ1n) is 16.1. The molecule has 47 heavy (non-hydrogen) atoms. The Morgan fingerprint density at radius 3 is 2.45 bits per heavy atom. The van der Waals surface area contributed by atoms with Crippen LogP contribution < -0.4 is 10.2 Å². The molecule has 3 amide bonds. The van der Waals surface area contributed by atoms with Gasteiger partial charge in [0.15, 0.2) is 0 Å². The number of hydrogen-bond acceptors (Lipinski definition) is 8. The second kappa shape index (κ2) is 13.4. The number of fused-ring (bicyclic) bond motifs is 2. The topological polar surface area (TPSA) is 135 Å². The number of aryl methyl sites for hydroxylation is 2. The average Bonchev–Trinajstić information content (AvgIpc) is 3.43. The Hall–Kier alpha value is -4.32. The van der Waals surface area contributed by atoms with E-state index < -0.39 is 53.6 Å². The number of para-hydroxylation sites is 1. The highest BCUT2D eigenvalue weighted by atomic mass is 16.6. The molecule has 2 saturated heterocycles. The molecule has 11 heteroatoms. The Kier molecular flexibility index (Phi) is 9.32. The van der Waals surface area contributed by atoms with Crippen molar-refractivity contribution in [2.24, 2.45) is 11.8 Å². The van der Waals surface area contributed by atoms with E-state index in [1.807, 2.05) is 56.3 Å². The fraction of sp³-hybridized carbons (Fsp3) is 0.444. The summed E-state index contributed by atoms with van der Waals surface area (Å²) >= 11 is 0. The predicted molar refractivity (Wildman–Crippen MR) is 172 cm³/mol. The van der Waals surface area contributed by atoms with Gasteiger partial charge in [-0.2, -0.15) is 0 Å². The molecule has 2 aromatic rings. The maximum absolute atomic E-state index is 14.6. The number of carbonyl (C=O) groups excluding carboxylic acids is 4. The summed E-state index contributed by atoms with van der Waals surface area (Å²) in [4.78, 5) is 59.5. The van der Waals surface area contributed by atoms with Gasteiger partial charge in [0.25, 0.3) is 5.91 Å². The van der Waals surface area contributed by atoms with Crippen molar-refractivity contribution in [1.29, 1.82) is 0 Å². The van der Waals surface area contributed by atoms with Crippen LogP contribution in [0.1, 0.15) is 35.6 Å². The zero-order valence-corrected chi connectivity index (χ0v) is 26.8. The Morgan fingerprint density at radius 1 is 1.00 bits per heavy atom. The van der Waals surface area contributed by atoms with Gasteiger partial charge in [0, 0.05) is 32.3 Å². The number of rotatable bonds is 6. The zero-order chi connectivity index (χ0) is 33.3. The highest BCUT2D eigenvalue weighted by molar-refractivity contribution is 6.06. The van der Waals surface area contributed by atoms with Crippen molar-refractivity contribution in [3.05, 3.63) is 89.5 Å². The molecule has 4 aliphatic rings. The first-order valence-corrected chi connectivity index (χ1v) is 16.1. The summed E-state index contributed by atoms with van der Waals surface area (Å²) in [7, 11) is 1.50. The summed E-state index contributed by atoms with van der Waals surface area (Å²) < 4.78 is 18.4. The van der Waals surface area contributed by atoms with Gasteiger partial charge in [0.1, 0.15) is 23.7 Å². The number of benzene rings is 2. The Balaban J connectivity index is 1.45. The molecular weight excluding hydrogens is 602 g/mol. The standard InChI is InChI=1S/C36H41N3O8/c1-22-11-9-12-23(2)30(22)38-18-10-17-36-29(33(42)39(19-20-40)32(36)34(38)43)28-26(47-36)15-7-8-16-27(41)37-25(21-45-3)31(46-35(28)44)24-13-5-4-6-14-24/h4-7,9-15,17,25-26,28-29,31-32,40H,8,16,18-21H2,1-3H3,(H,37,41)/b15-7-/t25-,26-,28+,29+,31-,32-,36+/m0/s1. The molecule has 2 fully saturated rings. The number of ether oxygens (including phenoxy) is 3. The number of aliphatic hydroxyl groups excluding tert-OH is 1. The number of methoxy groups -OCH3 is 1. The molecule has 248 valence electrons. The zero-order valence-electron chi connectivity index (χ0n) is 26.8. The fourth-order valence-electron chi connectivity index (χ4n) is 7.67. The average molecular weight is 644 g/mol. The van der Waals surface area contributed by atoms with Crippen LogP contribution in [0.2, 0.25) is 0 Å². The molecule has 1 spiro atoms. The van der Waals surface area contributed by atoms with Crippen LogP contribution in [0.3, 0.4) is 0 Å². The number of β-amino-alcohol motifs (C(OH)–C–C–N with tert-alkyl or cyclic N) is 1. The number of anilines is 1. The number of carbonyl (C=O) groups is 4. The first kappa shape index (κ1) is 32.6. The van der Waals surface area contributed by atoms with Gasteiger partial charge in [-0.25, -0.2) is 0 Å². The van der Waals surface area contributed by atoms with E-state index in [0.29, 0.717) is 12.0 Å². The monoisotopic (exact) mass is 643 g/mol. The van der Waals surface area contributed by atoms with Crippen molar-refractivity contribution >= 4 is 29.4 Å². The van der Waals surface area contributed by atoms with Crippen molar-refractivity contribution in [3.63, 3.8) is 0 Å². The molecule has 0 saturated carbocycles. The molecule has 4 heterocycles. The van der Waals surface area contributed by atoms with E-state index in [1.165, 1.54) is 12.0 Å². The van der Waals surface area contributed by atoms with Gasteiger partial charge in [-0.1, -0.05) is 72.8 Å². The van der Waals surface area contributed by atoms with Crippen LogP contribution in [0.4, 0.5) is 5.69 Å². The van der Waals surface area contributed by atoms with Gasteiger partial charge in [-0.05, 0) is 37.0 Å². The molecule has 7 atom stereocenters. The van der Waals surface area contributed by atoms with E-state index in [-0.39, 0.29) is 44.5 Å². The largest absolute Gasteiger partial charge is 0.455 e. The van der Waals surface area contributed by atoms with Gasteiger partial charge in [-0.3, -0.25) is 19.2 Å². The van der Waals surface area contributed by atoms with E-state index in [0.717, 1.165) is 16.8 Å². The predicted octanol–water partition coefficient (Wildman–Crippen LogP) is 2.55. The third-order valence-corrected chi connectivity index (χ3v) is 9.61. The lowest BCUT2D eigenvalue weighted by Gasteiger charge is -2.35. The Labute approximate surface area is 274 Å². The van der Waals surface area contributed by atoms with Crippen LogP contribution in [0.25, 0.3) is 0 Å². The summed E-state index contributed by atoms with van der Waals surface area (Å²) in [6, 6.07) is 13.0. The smallest absolute Gasteiger partial charge is 0.313 e. The van der Waals surface area contributed by atoms with Crippen molar-refractivity contribution in [2.45, 2.75) is 56.6 Å². The highest BCUT2D eigenvalue weighted by Crippen LogP contribution is 2.53. The molecule has 0 aliphatic carbocycles. The van der Waals surface area contributed by atoms with E-state index in [1.54, 1.807) is 35.3 Å². The minimum atomic E-state index is -1.50. The summed E-state index contributed by atoms with van der Waals surface area (Å²) in [6.45, 7) is 3.68. The minimum absolute atomic E-state index is 0.0725. The maximum Gasteiger partial charge on any atom is 0.313 e. The van der Waals surface area contributed by atoms with E-state index in [9.17, 15) is 24.3 Å². The summed E-state index contributed by atoms with van der Waals surface area (Å²) in [5, 5.41) is 13.0. The van der Waals surface area contributed by atoms with Crippen molar-refractivity contribution < 1.29 is 38.5 Å². The molecule has 4 aliphatic heterocycles. The maximum atomic E-state index is 14.6. The first-order chi connectivity index (χ1) is 22.7. The number of likely N-dealkylation sites (tertiary alicyclic amines) is 1. The number of aliphatic hydroxyl groups is 1. The lowest BCUT2D eigenvalue weighted by molar-refractivity contribution is -0.162.